The van der Waals surface area contributed by atoms with Gasteiger partial charge in [-0.05, 0) is 23.6 Å². The van der Waals surface area contributed by atoms with E-state index in [4.69, 9.17) is 4.74 Å². The Labute approximate surface area is 162 Å². The van der Waals surface area contributed by atoms with E-state index >= 15 is 0 Å². The minimum Gasteiger partial charge on any atom is -0.469 e. The highest BCUT2D eigenvalue weighted by atomic mass is 19.1. The lowest BCUT2D eigenvalue weighted by Crippen LogP contribution is -2.54. The summed E-state index contributed by atoms with van der Waals surface area (Å²) < 4.78 is 22.4. The Morgan fingerprint density at radius 1 is 1.04 bits per heavy atom. The average Bonchev–Trinajstić information content (AvgIpc) is 2.65. The van der Waals surface area contributed by atoms with Gasteiger partial charge in [0.1, 0.15) is 17.9 Å². The normalized spacial score (nSPS) is 13.6. The molecule has 2 amide bonds. The molecule has 154 valence electrons. The predicted octanol–water partition coefficient (Wildman–Crippen LogP) is 0.730. The van der Waals surface area contributed by atoms with Crippen molar-refractivity contribution in [2.75, 3.05) is 14.2 Å². The zero-order valence-corrected chi connectivity index (χ0v) is 16.3. The molecule has 0 unspecified atom stereocenters. The van der Waals surface area contributed by atoms with Gasteiger partial charge in [-0.25, -0.2) is 9.18 Å². The third-order valence-electron chi connectivity index (χ3n) is 4.09. The molecule has 3 atom stereocenters. The summed E-state index contributed by atoms with van der Waals surface area (Å²) in [6.45, 7) is 2.84. The van der Waals surface area contributed by atoms with Gasteiger partial charge in [-0.3, -0.25) is 14.4 Å². The summed E-state index contributed by atoms with van der Waals surface area (Å²) in [6.07, 6.45) is -0.0235. The SMILES string of the molecule is COC(=O)C[C@H](C)[C@@H](NC(=O)[C@H](Cc1ccc(F)cc1)NC(C)=O)C(=O)OC. The van der Waals surface area contributed by atoms with Crippen LogP contribution in [0.4, 0.5) is 4.39 Å². The Morgan fingerprint density at radius 2 is 1.64 bits per heavy atom. The first-order valence-electron chi connectivity index (χ1n) is 8.64. The summed E-state index contributed by atoms with van der Waals surface area (Å²) in [5.74, 6) is -3.38. The molecule has 0 aliphatic carbocycles. The molecule has 0 fully saturated rings. The molecule has 1 aromatic rings. The van der Waals surface area contributed by atoms with Crippen molar-refractivity contribution in [1.82, 2.24) is 10.6 Å². The fourth-order valence-corrected chi connectivity index (χ4v) is 2.59. The highest BCUT2D eigenvalue weighted by Gasteiger charge is 2.32. The number of benzene rings is 1. The van der Waals surface area contributed by atoms with Crippen molar-refractivity contribution in [1.29, 1.82) is 0 Å². The van der Waals surface area contributed by atoms with E-state index in [9.17, 15) is 23.6 Å². The highest BCUT2D eigenvalue weighted by molar-refractivity contribution is 5.90. The van der Waals surface area contributed by atoms with Crippen molar-refractivity contribution in [2.45, 2.75) is 38.8 Å². The van der Waals surface area contributed by atoms with E-state index < -0.39 is 47.6 Å². The van der Waals surface area contributed by atoms with Gasteiger partial charge in [0.25, 0.3) is 0 Å². The molecule has 0 aliphatic rings. The van der Waals surface area contributed by atoms with Gasteiger partial charge in [-0.2, -0.15) is 0 Å². The van der Waals surface area contributed by atoms with Gasteiger partial charge < -0.3 is 20.1 Å². The van der Waals surface area contributed by atoms with Crippen LogP contribution in [0, 0.1) is 11.7 Å². The van der Waals surface area contributed by atoms with E-state index in [2.05, 4.69) is 15.4 Å². The molecule has 8 nitrogen and oxygen atoms in total. The van der Waals surface area contributed by atoms with Crippen molar-refractivity contribution in [3.8, 4) is 0 Å². The number of hydrogen-bond donors (Lipinski definition) is 2. The molecule has 0 bridgehead atoms. The molecule has 2 N–H and O–H groups in total. The van der Waals surface area contributed by atoms with Gasteiger partial charge in [0, 0.05) is 13.3 Å². The Morgan fingerprint density at radius 3 is 2.14 bits per heavy atom. The molecule has 0 spiro atoms. The number of carbonyl (C=O) groups is 4. The molecule has 0 aliphatic heterocycles. The average molecular weight is 396 g/mol. The second kappa shape index (κ2) is 11.0. The van der Waals surface area contributed by atoms with Crippen molar-refractivity contribution in [2.24, 2.45) is 5.92 Å². The second-order valence-electron chi connectivity index (χ2n) is 6.35. The van der Waals surface area contributed by atoms with E-state index in [1.54, 1.807) is 6.92 Å². The van der Waals surface area contributed by atoms with E-state index in [-0.39, 0.29) is 12.8 Å². The number of ether oxygens (including phenoxy) is 2. The van der Waals surface area contributed by atoms with Crippen LogP contribution in [0.15, 0.2) is 24.3 Å². The first-order valence-corrected chi connectivity index (χ1v) is 8.64. The van der Waals surface area contributed by atoms with E-state index in [0.29, 0.717) is 5.56 Å². The predicted molar refractivity (Wildman–Crippen MR) is 97.5 cm³/mol. The Bertz CT molecular complexity index is 707. The summed E-state index contributed by atoms with van der Waals surface area (Å²) in [6, 6.07) is 3.37. The van der Waals surface area contributed by atoms with Crippen LogP contribution < -0.4 is 10.6 Å². The molecular formula is C19H25FN2O6. The lowest BCUT2D eigenvalue weighted by molar-refractivity contribution is -0.148. The molecule has 0 heterocycles. The van der Waals surface area contributed by atoms with Crippen LogP contribution in [-0.2, 0) is 35.1 Å². The minimum atomic E-state index is -1.11. The Hall–Kier alpha value is -2.97. The number of methoxy groups -OCH3 is 2. The van der Waals surface area contributed by atoms with Gasteiger partial charge in [-0.15, -0.1) is 0 Å². The standard InChI is InChI=1S/C19H25FN2O6/c1-11(9-16(24)27-3)17(19(26)28-4)22-18(25)15(21-12(2)23)10-13-5-7-14(20)8-6-13/h5-8,11,15,17H,9-10H2,1-4H3,(H,21,23)(H,22,25)/t11-,15-,17+/m0/s1. The monoisotopic (exact) mass is 396 g/mol. The van der Waals surface area contributed by atoms with Gasteiger partial charge >= 0.3 is 11.9 Å². The van der Waals surface area contributed by atoms with Crippen LogP contribution in [0.2, 0.25) is 0 Å². The van der Waals surface area contributed by atoms with Crippen LogP contribution in [0.3, 0.4) is 0 Å². The zero-order valence-electron chi connectivity index (χ0n) is 16.3. The summed E-state index contributed by atoms with van der Waals surface area (Å²) in [5, 5.41) is 5.03. The van der Waals surface area contributed by atoms with E-state index in [0.717, 1.165) is 7.11 Å². The summed E-state index contributed by atoms with van der Waals surface area (Å²) in [5.41, 5.74) is 0.618. The van der Waals surface area contributed by atoms with Crippen molar-refractivity contribution >= 4 is 23.8 Å². The number of carbonyl (C=O) groups excluding carboxylic acids is 4. The number of nitrogens with one attached hydrogen (secondary N) is 2. The molecule has 0 radical (unpaired) electrons. The number of hydrogen-bond acceptors (Lipinski definition) is 6. The van der Waals surface area contributed by atoms with Crippen LogP contribution in [0.5, 0.6) is 0 Å². The van der Waals surface area contributed by atoms with Crippen LogP contribution >= 0.6 is 0 Å². The molecule has 28 heavy (non-hydrogen) atoms. The van der Waals surface area contributed by atoms with Crippen LogP contribution in [0.25, 0.3) is 0 Å². The number of halogens is 1. The van der Waals surface area contributed by atoms with Gasteiger partial charge in [0.15, 0.2) is 0 Å². The Kier molecular flexibility index (Phi) is 9.07. The maximum Gasteiger partial charge on any atom is 0.328 e. The largest absolute Gasteiger partial charge is 0.469 e. The first-order chi connectivity index (χ1) is 13.2. The lowest BCUT2D eigenvalue weighted by Gasteiger charge is -2.25. The summed E-state index contributed by atoms with van der Waals surface area (Å²) in [7, 11) is 2.38. The number of amides is 2. The van der Waals surface area contributed by atoms with Crippen LogP contribution in [-0.4, -0.2) is 50.1 Å². The van der Waals surface area contributed by atoms with Gasteiger partial charge in [0.2, 0.25) is 11.8 Å². The van der Waals surface area contributed by atoms with E-state index in [1.165, 1.54) is 38.3 Å². The van der Waals surface area contributed by atoms with Gasteiger partial charge in [-0.1, -0.05) is 19.1 Å². The maximum atomic E-state index is 13.1. The minimum absolute atomic E-state index is 0.0883. The lowest BCUT2D eigenvalue weighted by atomic mass is 9.97. The zero-order chi connectivity index (χ0) is 21.3. The molecule has 1 rings (SSSR count). The second-order valence-corrected chi connectivity index (χ2v) is 6.35. The third-order valence-corrected chi connectivity index (χ3v) is 4.09. The topological polar surface area (TPSA) is 111 Å². The molecule has 1 aromatic carbocycles. The van der Waals surface area contributed by atoms with E-state index in [1.807, 2.05) is 0 Å². The fraction of sp³-hybridized carbons (Fsp3) is 0.474. The Balaban J connectivity index is 2.96. The molecule has 9 heteroatoms. The number of esters is 2. The smallest absolute Gasteiger partial charge is 0.328 e. The summed E-state index contributed by atoms with van der Waals surface area (Å²) >= 11 is 0. The van der Waals surface area contributed by atoms with Crippen molar-refractivity contribution < 1.29 is 33.0 Å². The third kappa shape index (κ3) is 7.34. The van der Waals surface area contributed by atoms with Crippen LogP contribution in [0.1, 0.15) is 25.8 Å². The molecule has 0 saturated heterocycles. The summed E-state index contributed by atoms with van der Waals surface area (Å²) in [4.78, 5) is 47.8. The highest BCUT2D eigenvalue weighted by Crippen LogP contribution is 2.12. The number of rotatable bonds is 9. The molecule has 0 aromatic heterocycles. The first kappa shape index (κ1) is 23.1. The fourth-order valence-electron chi connectivity index (χ4n) is 2.59. The maximum absolute atomic E-state index is 13.1. The quantitative estimate of drug-likeness (QED) is 0.596. The van der Waals surface area contributed by atoms with Crippen molar-refractivity contribution in [3.05, 3.63) is 35.6 Å². The molecular weight excluding hydrogens is 371 g/mol. The van der Waals surface area contributed by atoms with Gasteiger partial charge in [0.05, 0.1) is 20.6 Å². The van der Waals surface area contributed by atoms with Crippen molar-refractivity contribution in [3.63, 3.8) is 0 Å². The molecule has 0 saturated carbocycles.